The van der Waals surface area contributed by atoms with Crippen LogP contribution in [0.1, 0.15) is 78.5 Å². The third-order valence-electron chi connectivity index (χ3n) is 5.15. The summed E-state index contributed by atoms with van der Waals surface area (Å²) in [6.45, 7) is 10.0. The number of hydrogen-bond acceptors (Lipinski definition) is 4. The minimum Gasteiger partial charge on any atom is -0.306 e. The van der Waals surface area contributed by atoms with Gasteiger partial charge in [0.25, 0.3) is 0 Å². The Bertz CT molecular complexity index is 374. The van der Waals surface area contributed by atoms with E-state index in [2.05, 4.69) is 60.3 Å². The van der Waals surface area contributed by atoms with E-state index in [1.807, 2.05) is 0 Å². The van der Waals surface area contributed by atoms with E-state index in [4.69, 9.17) is 0 Å². The Balaban J connectivity index is -0.000000301. The molecule has 0 spiro atoms. The largest absolute Gasteiger partial charge is 0.306 e. The highest BCUT2D eigenvalue weighted by Crippen LogP contribution is 2.05. The van der Waals surface area contributed by atoms with Gasteiger partial charge < -0.3 is 14.7 Å². The molecule has 3 aliphatic heterocycles. The molecule has 0 radical (unpaired) electrons. The zero-order valence-corrected chi connectivity index (χ0v) is 18.7. The lowest BCUT2D eigenvalue weighted by atomic mass is 10.1. The van der Waals surface area contributed by atoms with Crippen LogP contribution in [-0.4, -0.2) is 75.1 Å². The average Bonchev–Trinajstić information content (AvgIpc) is 3.31. The van der Waals surface area contributed by atoms with Gasteiger partial charge in [0.15, 0.2) is 0 Å². The predicted molar refractivity (Wildman–Crippen MR) is 139 cm³/mol. The molecule has 29 heavy (non-hydrogen) atoms. The van der Waals surface area contributed by atoms with E-state index < -0.39 is 0 Å². The normalized spacial score (nSPS) is 19.3. The molecule has 0 unspecified atom stereocenters. The Labute approximate surface area is 189 Å². The number of piperidine rings is 2. The second kappa shape index (κ2) is 22.3. The molecule has 0 N–H and O–H groups in total. The monoisotopic (exact) mass is 429 g/mol. The fraction of sp³-hybridized carbons (Fsp3) is 0.840. The van der Waals surface area contributed by atoms with Crippen LogP contribution in [0, 0.1) is 6.92 Å². The number of thiophene rings is 1. The number of rotatable bonds is 0. The van der Waals surface area contributed by atoms with E-state index in [-0.39, 0.29) is 22.3 Å². The highest BCUT2D eigenvalue weighted by atomic mass is 32.1. The SMILES string of the molecule is C.C.C.CN1CCCC1.CN1CCCCC1.CN1CCCCC1.Cc1cccs1. The molecule has 3 nitrogen and oxygen atoms in total. The van der Waals surface area contributed by atoms with Gasteiger partial charge in [0, 0.05) is 4.88 Å². The lowest BCUT2D eigenvalue weighted by Crippen LogP contribution is -2.24. The van der Waals surface area contributed by atoms with Crippen molar-refractivity contribution < 1.29 is 0 Å². The van der Waals surface area contributed by atoms with Gasteiger partial charge in [-0.05, 0) is 117 Å². The third-order valence-corrected chi connectivity index (χ3v) is 5.95. The van der Waals surface area contributed by atoms with Crippen molar-refractivity contribution in [2.45, 2.75) is 80.6 Å². The van der Waals surface area contributed by atoms with Gasteiger partial charge in [-0.2, -0.15) is 0 Å². The molecular weight excluding hydrogens is 374 g/mol. The molecule has 3 fully saturated rings. The van der Waals surface area contributed by atoms with E-state index in [1.165, 1.54) is 95.5 Å². The zero-order chi connectivity index (χ0) is 19.0. The minimum atomic E-state index is 0. The number of likely N-dealkylation sites (tertiary alicyclic amines) is 3. The maximum absolute atomic E-state index is 2.39. The van der Waals surface area contributed by atoms with Crippen molar-refractivity contribution in [3.8, 4) is 0 Å². The molecule has 0 bridgehead atoms. The molecule has 4 heteroatoms. The summed E-state index contributed by atoms with van der Waals surface area (Å²) in [4.78, 5) is 8.53. The lowest BCUT2D eigenvalue weighted by Gasteiger charge is -2.20. The van der Waals surface area contributed by atoms with Crippen LogP contribution in [0.3, 0.4) is 0 Å². The van der Waals surface area contributed by atoms with Crippen LogP contribution in [0.5, 0.6) is 0 Å². The van der Waals surface area contributed by atoms with Crippen LogP contribution < -0.4 is 0 Å². The van der Waals surface area contributed by atoms with Gasteiger partial charge >= 0.3 is 0 Å². The Morgan fingerprint density at radius 2 is 0.897 bits per heavy atom. The first-order valence-electron chi connectivity index (χ1n) is 10.6. The van der Waals surface area contributed by atoms with Crippen LogP contribution >= 0.6 is 11.3 Å². The maximum atomic E-state index is 2.39. The summed E-state index contributed by atoms with van der Waals surface area (Å²) in [6, 6.07) is 4.16. The van der Waals surface area contributed by atoms with E-state index in [1.54, 1.807) is 11.3 Å². The Kier molecular flexibility index (Phi) is 25.5. The Morgan fingerprint density at radius 1 is 0.586 bits per heavy atom. The second-order valence-electron chi connectivity index (χ2n) is 7.96. The van der Waals surface area contributed by atoms with Gasteiger partial charge in [0.1, 0.15) is 0 Å². The van der Waals surface area contributed by atoms with Crippen molar-refractivity contribution >= 4 is 11.3 Å². The van der Waals surface area contributed by atoms with Gasteiger partial charge in [-0.3, -0.25) is 0 Å². The number of hydrogen-bond donors (Lipinski definition) is 0. The summed E-state index contributed by atoms with van der Waals surface area (Å²) >= 11 is 1.78. The van der Waals surface area contributed by atoms with Crippen LogP contribution in [0.25, 0.3) is 0 Å². The summed E-state index contributed by atoms with van der Waals surface area (Å²) in [7, 11) is 6.56. The first-order valence-corrected chi connectivity index (χ1v) is 11.5. The van der Waals surface area contributed by atoms with Gasteiger partial charge in [0.2, 0.25) is 0 Å². The van der Waals surface area contributed by atoms with Crippen molar-refractivity contribution in [2.75, 3.05) is 60.4 Å². The molecule has 4 rings (SSSR count). The van der Waals surface area contributed by atoms with E-state index in [9.17, 15) is 0 Å². The highest BCUT2D eigenvalue weighted by molar-refractivity contribution is 7.09. The molecule has 3 saturated heterocycles. The van der Waals surface area contributed by atoms with Crippen molar-refractivity contribution in [2.24, 2.45) is 0 Å². The topological polar surface area (TPSA) is 9.72 Å². The Hall–Kier alpha value is -0.420. The maximum Gasteiger partial charge on any atom is 0.00141 e. The third kappa shape index (κ3) is 20.6. The lowest BCUT2D eigenvalue weighted by molar-refractivity contribution is 0.277. The summed E-state index contributed by atoms with van der Waals surface area (Å²) in [5.74, 6) is 0. The van der Waals surface area contributed by atoms with Crippen molar-refractivity contribution in [3.63, 3.8) is 0 Å². The van der Waals surface area contributed by atoms with E-state index in [0.29, 0.717) is 0 Å². The van der Waals surface area contributed by atoms with Crippen LogP contribution in [0.4, 0.5) is 0 Å². The predicted octanol–water partition coefficient (Wildman–Crippen LogP) is 6.88. The molecule has 0 amide bonds. The molecule has 1 aromatic rings. The molecule has 0 aromatic carbocycles. The quantitative estimate of drug-likeness (QED) is 0.445. The second-order valence-corrected chi connectivity index (χ2v) is 9.11. The van der Waals surface area contributed by atoms with Gasteiger partial charge in [-0.1, -0.05) is 41.2 Å². The summed E-state index contributed by atoms with van der Waals surface area (Å²) < 4.78 is 0. The molecule has 0 aliphatic carbocycles. The number of aryl methyl sites for hydroxylation is 1. The summed E-state index contributed by atoms with van der Waals surface area (Å²) in [5.41, 5.74) is 0. The zero-order valence-electron chi connectivity index (χ0n) is 17.9. The van der Waals surface area contributed by atoms with Crippen LogP contribution in [0.15, 0.2) is 17.5 Å². The van der Waals surface area contributed by atoms with E-state index >= 15 is 0 Å². The standard InChI is InChI=1S/2C6H13N.C5H11N.C5H6S.3CH4/c2*1-7-5-3-2-4-6-7;1-6-4-2-3-5-6;1-5-3-2-4-6-5;;;/h2*2-6H2,1H3;2-5H2,1H3;2-4H,1H3;3*1H4. The fourth-order valence-corrected chi connectivity index (χ4v) is 3.87. The molecule has 1 aromatic heterocycles. The minimum absolute atomic E-state index is 0. The molecule has 0 saturated carbocycles. The molecule has 3 aliphatic rings. The first kappa shape index (κ1) is 33.2. The molecule has 176 valence electrons. The fourth-order valence-electron chi connectivity index (χ4n) is 3.34. The summed E-state index contributed by atoms with van der Waals surface area (Å²) in [6.07, 6.45) is 11.4. The summed E-state index contributed by atoms with van der Waals surface area (Å²) in [5, 5.41) is 2.08. The molecular formula is C25H55N3S. The molecule has 4 heterocycles. The first-order chi connectivity index (χ1) is 12.6. The number of nitrogens with zero attached hydrogens (tertiary/aromatic N) is 3. The smallest absolute Gasteiger partial charge is 0.00141 e. The van der Waals surface area contributed by atoms with Crippen molar-refractivity contribution in [1.29, 1.82) is 0 Å². The average molecular weight is 430 g/mol. The highest BCUT2D eigenvalue weighted by Gasteiger charge is 2.04. The van der Waals surface area contributed by atoms with E-state index in [0.717, 1.165) is 0 Å². The molecule has 0 atom stereocenters. The van der Waals surface area contributed by atoms with Gasteiger partial charge in [-0.15, -0.1) is 11.3 Å². The van der Waals surface area contributed by atoms with Crippen LogP contribution in [0.2, 0.25) is 0 Å². The van der Waals surface area contributed by atoms with Crippen LogP contribution in [-0.2, 0) is 0 Å². The Morgan fingerprint density at radius 3 is 1.00 bits per heavy atom. The van der Waals surface area contributed by atoms with Gasteiger partial charge in [-0.25, -0.2) is 0 Å². The van der Waals surface area contributed by atoms with Crippen molar-refractivity contribution in [1.82, 2.24) is 14.7 Å². The van der Waals surface area contributed by atoms with Crippen molar-refractivity contribution in [3.05, 3.63) is 22.4 Å². The van der Waals surface area contributed by atoms with Gasteiger partial charge in [0.05, 0.1) is 0 Å².